The molecule has 2 nitrogen and oxygen atoms in total. The summed E-state index contributed by atoms with van der Waals surface area (Å²) in [6.45, 7) is 3.09. The number of carbonyl (C=O) groups is 1. The first-order valence-corrected chi connectivity index (χ1v) is 7.96. The highest BCUT2D eigenvalue weighted by molar-refractivity contribution is 14.1. The fourth-order valence-corrected chi connectivity index (χ4v) is 3.81. The van der Waals surface area contributed by atoms with Crippen molar-refractivity contribution in [3.63, 3.8) is 0 Å². The molecule has 2 unspecified atom stereocenters. The Balaban J connectivity index is 2.20. The molecule has 0 saturated carbocycles. The molecule has 2 rings (SSSR count). The third-order valence-electron chi connectivity index (χ3n) is 3.37. The van der Waals surface area contributed by atoms with E-state index in [9.17, 15) is 4.79 Å². The van der Waals surface area contributed by atoms with Gasteiger partial charge < -0.3 is 4.90 Å². The number of halogens is 2. The highest BCUT2D eigenvalue weighted by Gasteiger charge is 2.33. The monoisotopic (exact) mass is 407 g/mol. The smallest absolute Gasteiger partial charge is 0.254 e. The SMILES string of the molecule is CC1CCN(C(=O)c2cccc(I)c2)C1CBr. The van der Waals surface area contributed by atoms with Crippen molar-refractivity contribution in [2.24, 2.45) is 5.92 Å². The minimum absolute atomic E-state index is 0.164. The molecule has 1 fully saturated rings. The van der Waals surface area contributed by atoms with Crippen molar-refractivity contribution < 1.29 is 4.79 Å². The second-order valence-electron chi connectivity index (χ2n) is 4.50. The minimum atomic E-state index is 0.164. The Morgan fingerprint density at radius 3 is 3.00 bits per heavy atom. The number of likely N-dealkylation sites (tertiary alicyclic amines) is 1. The summed E-state index contributed by atoms with van der Waals surface area (Å²) in [5.41, 5.74) is 0.803. The van der Waals surface area contributed by atoms with E-state index in [1.165, 1.54) is 0 Å². The van der Waals surface area contributed by atoms with Crippen LogP contribution in [0.5, 0.6) is 0 Å². The summed E-state index contributed by atoms with van der Waals surface area (Å²) >= 11 is 5.76. The minimum Gasteiger partial charge on any atom is -0.335 e. The molecule has 0 aliphatic carbocycles. The predicted molar refractivity (Wildman–Crippen MR) is 81.6 cm³/mol. The van der Waals surface area contributed by atoms with Crippen LogP contribution in [0, 0.1) is 9.49 Å². The molecule has 1 aliphatic heterocycles. The molecule has 1 aromatic rings. The van der Waals surface area contributed by atoms with Gasteiger partial charge in [-0.25, -0.2) is 0 Å². The average Bonchev–Trinajstić information content (AvgIpc) is 2.69. The van der Waals surface area contributed by atoms with Gasteiger partial charge in [0.15, 0.2) is 0 Å². The molecule has 0 aromatic heterocycles. The molecule has 1 aliphatic rings. The van der Waals surface area contributed by atoms with E-state index in [0.29, 0.717) is 12.0 Å². The molecule has 0 radical (unpaired) electrons. The Hall–Kier alpha value is -0.100. The Morgan fingerprint density at radius 1 is 1.59 bits per heavy atom. The van der Waals surface area contributed by atoms with Crippen molar-refractivity contribution in [2.75, 3.05) is 11.9 Å². The zero-order valence-electron chi connectivity index (χ0n) is 9.70. The van der Waals surface area contributed by atoms with Crippen LogP contribution in [0.25, 0.3) is 0 Å². The molecule has 2 atom stereocenters. The van der Waals surface area contributed by atoms with Crippen molar-refractivity contribution >= 4 is 44.4 Å². The lowest BCUT2D eigenvalue weighted by atomic mass is 10.0. The number of benzene rings is 1. The number of rotatable bonds is 2. The van der Waals surface area contributed by atoms with Crippen molar-refractivity contribution in [3.05, 3.63) is 33.4 Å². The van der Waals surface area contributed by atoms with Gasteiger partial charge in [0.2, 0.25) is 0 Å². The number of nitrogens with zero attached hydrogens (tertiary/aromatic N) is 1. The Morgan fingerprint density at radius 2 is 2.35 bits per heavy atom. The zero-order chi connectivity index (χ0) is 12.4. The summed E-state index contributed by atoms with van der Waals surface area (Å²) in [6, 6.07) is 8.14. The van der Waals surface area contributed by atoms with Gasteiger partial charge in [0.25, 0.3) is 5.91 Å². The average molecular weight is 408 g/mol. The van der Waals surface area contributed by atoms with Crippen LogP contribution in [0.2, 0.25) is 0 Å². The van der Waals surface area contributed by atoms with Gasteiger partial charge in [0.05, 0.1) is 0 Å². The molecule has 1 aromatic carbocycles. The van der Waals surface area contributed by atoms with Gasteiger partial charge >= 0.3 is 0 Å². The lowest BCUT2D eigenvalue weighted by molar-refractivity contribution is 0.0738. The summed E-state index contributed by atoms with van der Waals surface area (Å²) in [4.78, 5) is 14.4. The topological polar surface area (TPSA) is 20.3 Å². The lowest BCUT2D eigenvalue weighted by Gasteiger charge is -2.25. The number of carbonyl (C=O) groups excluding carboxylic acids is 1. The van der Waals surface area contributed by atoms with E-state index >= 15 is 0 Å². The zero-order valence-corrected chi connectivity index (χ0v) is 13.4. The van der Waals surface area contributed by atoms with Gasteiger partial charge in [-0.1, -0.05) is 28.9 Å². The molecule has 92 valence electrons. The number of hydrogen-bond donors (Lipinski definition) is 0. The molecule has 0 bridgehead atoms. The third kappa shape index (κ3) is 2.84. The van der Waals surface area contributed by atoms with Crippen LogP contribution in [0.4, 0.5) is 0 Å². The molecule has 1 amide bonds. The molecule has 1 heterocycles. The standard InChI is InChI=1S/C13H15BrINO/c1-9-5-6-16(12(9)8-14)13(17)10-3-2-4-11(15)7-10/h2-4,7,9,12H,5-6,8H2,1H3. The molecular formula is C13H15BrINO. The van der Waals surface area contributed by atoms with E-state index in [1.54, 1.807) is 0 Å². The highest BCUT2D eigenvalue weighted by atomic mass is 127. The van der Waals surface area contributed by atoms with E-state index in [-0.39, 0.29) is 5.91 Å². The molecule has 17 heavy (non-hydrogen) atoms. The van der Waals surface area contributed by atoms with Gasteiger partial charge in [-0.3, -0.25) is 4.79 Å². The molecule has 0 spiro atoms. The predicted octanol–water partition coefficient (Wildman–Crippen LogP) is 3.54. The van der Waals surface area contributed by atoms with Crippen LogP contribution >= 0.6 is 38.5 Å². The summed E-state index contributed by atoms with van der Waals surface area (Å²) < 4.78 is 1.11. The van der Waals surface area contributed by atoms with Gasteiger partial charge in [0, 0.05) is 27.1 Å². The van der Waals surface area contributed by atoms with Gasteiger partial charge in [-0.2, -0.15) is 0 Å². The number of amides is 1. The maximum Gasteiger partial charge on any atom is 0.254 e. The van der Waals surface area contributed by atoms with Crippen molar-refractivity contribution in [3.8, 4) is 0 Å². The Labute approximate surface area is 124 Å². The van der Waals surface area contributed by atoms with Crippen LogP contribution in [-0.4, -0.2) is 28.7 Å². The van der Waals surface area contributed by atoms with Crippen molar-refractivity contribution in [1.82, 2.24) is 4.90 Å². The fourth-order valence-electron chi connectivity index (χ4n) is 2.28. The van der Waals surface area contributed by atoms with Gasteiger partial charge in [0.1, 0.15) is 0 Å². The molecule has 4 heteroatoms. The summed E-state index contributed by atoms with van der Waals surface area (Å²) in [6.07, 6.45) is 1.10. The lowest BCUT2D eigenvalue weighted by Crippen LogP contribution is -2.38. The first-order valence-electron chi connectivity index (χ1n) is 5.76. The maximum absolute atomic E-state index is 12.4. The molecule has 0 N–H and O–H groups in total. The third-order valence-corrected chi connectivity index (χ3v) is 4.71. The second-order valence-corrected chi connectivity index (χ2v) is 6.39. The number of hydrogen-bond acceptors (Lipinski definition) is 1. The van der Waals surface area contributed by atoms with Crippen LogP contribution < -0.4 is 0 Å². The quantitative estimate of drug-likeness (QED) is 0.542. The fraction of sp³-hybridized carbons (Fsp3) is 0.462. The van der Waals surface area contributed by atoms with Gasteiger partial charge in [-0.15, -0.1) is 0 Å². The van der Waals surface area contributed by atoms with Crippen LogP contribution in [0.15, 0.2) is 24.3 Å². The maximum atomic E-state index is 12.4. The van der Waals surface area contributed by atoms with Crippen LogP contribution in [0.3, 0.4) is 0 Å². The van der Waals surface area contributed by atoms with Crippen LogP contribution in [0.1, 0.15) is 23.7 Å². The second kappa shape index (κ2) is 5.69. The summed E-state index contributed by atoms with van der Waals surface area (Å²) in [7, 11) is 0. The first kappa shape index (κ1) is 13.3. The van der Waals surface area contributed by atoms with E-state index in [0.717, 1.165) is 27.4 Å². The Bertz CT molecular complexity index is 424. The number of alkyl halides is 1. The van der Waals surface area contributed by atoms with Crippen molar-refractivity contribution in [2.45, 2.75) is 19.4 Å². The van der Waals surface area contributed by atoms with Crippen molar-refractivity contribution in [1.29, 1.82) is 0 Å². The molecular weight excluding hydrogens is 393 g/mol. The van der Waals surface area contributed by atoms with E-state index in [1.807, 2.05) is 29.2 Å². The van der Waals surface area contributed by atoms with E-state index < -0.39 is 0 Å². The van der Waals surface area contributed by atoms with Gasteiger partial charge in [-0.05, 0) is 53.1 Å². The Kier molecular flexibility index (Phi) is 4.47. The highest BCUT2D eigenvalue weighted by Crippen LogP contribution is 2.27. The summed E-state index contributed by atoms with van der Waals surface area (Å²) in [5.74, 6) is 0.749. The van der Waals surface area contributed by atoms with E-state index in [2.05, 4.69) is 45.4 Å². The first-order chi connectivity index (χ1) is 8.13. The normalized spacial score (nSPS) is 24.1. The summed E-state index contributed by atoms with van der Waals surface area (Å²) in [5, 5.41) is 0.865. The molecule has 1 saturated heterocycles. The largest absolute Gasteiger partial charge is 0.335 e. The van der Waals surface area contributed by atoms with Crippen LogP contribution in [-0.2, 0) is 0 Å². The van der Waals surface area contributed by atoms with E-state index in [4.69, 9.17) is 0 Å².